The number of ether oxygens (including phenoxy) is 1. The molecule has 0 aromatic carbocycles. The molecule has 1 aromatic rings. The highest BCUT2D eigenvalue weighted by atomic mass is 32.1. The summed E-state index contributed by atoms with van der Waals surface area (Å²) in [6.07, 6.45) is 1.68. The van der Waals surface area contributed by atoms with E-state index in [1.807, 2.05) is 6.92 Å². The summed E-state index contributed by atoms with van der Waals surface area (Å²) >= 11 is 4.82. The van der Waals surface area contributed by atoms with E-state index in [0.29, 0.717) is 12.4 Å². The zero-order valence-electron chi connectivity index (χ0n) is 8.79. The molecule has 1 rings (SSSR count). The Bertz CT molecular complexity index is 328. The maximum Gasteiger partial charge on any atom is 0.314 e. The summed E-state index contributed by atoms with van der Waals surface area (Å²) in [5, 5.41) is 2.72. The molecule has 0 amide bonds. The van der Waals surface area contributed by atoms with E-state index < -0.39 is 0 Å². The first-order valence-corrected chi connectivity index (χ1v) is 5.29. The molecule has 14 heavy (non-hydrogen) atoms. The molecule has 0 aliphatic carbocycles. The topological polar surface area (TPSA) is 51.1 Å². The first-order chi connectivity index (χ1) is 6.68. The van der Waals surface area contributed by atoms with Gasteiger partial charge in [-0.2, -0.15) is 4.98 Å². The van der Waals surface area contributed by atoms with Gasteiger partial charge in [0.05, 0.1) is 0 Å². The molecule has 4 nitrogen and oxygen atoms in total. The van der Waals surface area contributed by atoms with Crippen molar-refractivity contribution in [3.05, 3.63) is 10.7 Å². The lowest BCUT2D eigenvalue weighted by molar-refractivity contribution is -0.0583. The monoisotopic (exact) mass is 216 g/mol. The summed E-state index contributed by atoms with van der Waals surface area (Å²) < 4.78 is 10.6. The van der Waals surface area contributed by atoms with Crippen LogP contribution in [-0.2, 0) is 10.3 Å². The fourth-order valence-electron chi connectivity index (χ4n) is 1.56. The first-order valence-electron chi connectivity index (χ1n) is 4.88. The largest absolute Gasteiger partial charge is 0.367 e. The van der Waals surface area contributed by atoms with Crippen LogP contribution >= 0.6 is 12.2 Å². The van der Waals surface area contributed by atoms with Gasteiger partial charge < -0.3 is 9.26 Å². The predicted molar refractivity (Wildman–Crippen MR) is 55.6 cm³/mol. The molecular weight excluding hydrogens is 200 g/mol. The summed E-state index contributed by atoms with van der Waals surface area (Å²) in [5.41, 5.74) is -0.380. The second-order valence-electron chi connectivity index (χ2n) is 3.06. The van der Waals surface area contributed by atoms with E-state index in [2.05, 4.69) is 24.0 Å². The van der Waals surface area contributed by atoms with E-state index in [-0.39, 0.29) is 10.4 Å². The highest BCUT2D eigenvalue weighted by molar-refractivity contribution is 7.71. The number of aromatic amines is 1. The van der Waals surface area contributed by atoms with Crippen molar-refractivity contribution in [1.29, 1.82) is 0 Å². The standard InChI is InChI=1S/C9H16N2O2S/c1-4-9(5-2,12-6-3)7-10-8(14)13-11-7/h4-6H2,1-3H3,(H,10,11,14). The van der Waals surface area contributed by atoms with Crippen molar-refractivity contribution in [2.45, 2.75) is 39.2 Å². The van der Waals surface area contributed by atoms with E-state index >= 15 is 0 Å². The number of hydrogen-bond acceptors (Lipinski definition) is 4. The minimum atomic E-state index is -0.380. The van der Waals surface area contributed by atoms with Gasteiger partial charge in [0.15, 0.2) is 5.82 Å². The molecule has 5 heteroatoms. The van der Waals surface area contributed by atoms with Gasteiger partial charge in [-0.3, -0.25) is 0 Å². The van der Waals surface area contributed by atoms with Gasteiger partial charge in [-0.25, -0.2) is 5.16 Å². The molecule has 1 heterocycles. The molecule has 0 saturated heterocycles. The van der Waals surface area contributed by atoms with Crippen molar-refractivity contribution in [3.63, 3.8) is 0 Å². The number of aromatic nitrogens is 2. The van der Waals surface area contributed by atoms with Crippen molar-refractivity contribution < 1.29 is 9.26 Å². The van der Waals surface area contributed by atoms with Crippen molar-refractivity contribution in [2.75, 3.05) is 6.61 Å². The molecule has 1 aromatic heterocycles. The smallest absolute Gasteiger partial charge is 0.314 e. The van der Waals surface area contributed by atoms with Gasteiger partial charge in [-0.15, -0.1) is 0 Å². The van der Waals surface area contributed by atoms with Crippen LogP contribution in [0.2, 0.25) is 0 Å². The molecule has 1 N–H and O–H groups in total. The SMILES string of the molecule is CCOC(CC)(CC)c1nc(=S)o[nH]1. The van der Waals surface area contributed by atoms with Crippen LogP contribution in [-0.4, -0.2) is 16.7 Å². The Morgan fingerprint density at radius 1 is 1.43 bits per heavy atom. The highest BCUT2D eigenvalue weighted by Crippen LogP contribution is 2.30. The quantitative estimate of drug-likeness (QED) is 0.769. The summed E-state index contributed by atoms with van der Waals surface area (Å²) in [6, 6.07) is 0. The number of nitrogens with one attached hydrogen (secondary N) is 1. The lowest BCUT2D eigenvalue weighted by Crippen LogP contribution is -2.29. The van der Waals surface area contributed by atoms with Crippen molar-refractivity contribution >= 4 is 12.2 Å². The van der Waals surface area contributed by atoms with E-state index in [0.717, 1.165) is 12.8 Å². The average molecular weight is 216 g/mol. The summed E-state index contributed by atoms with van der Waals surface area (Å²) in [4.78, 5) is 4.34. The Morgan fingerprint density at radius 2 is 2.07 bits per heavy atom. The highest BCUT2D eigenvalue weighted by Gasteiger charge is 2.32. The molecule has 0 unspecified atom stereocenters. The van der Waals surface area contributed by atoms with Crippen molar-refractivity contribution in [1.82, 2.24) is 10.1 Å². The molecule has 0 spiro atoms. The van der Waals surface area contributed by atoms with E-state index in [1.54, 1.807) is 0 Å². The van der Waals surface area contributed by atoms with Crippen LogP contribution in [0, 0.1) is 4.84 Å². The van der Waals surface area contributed by atoms with Crippen LogP contribution in [0.3, 0.4) is 0 Å². The second-order valence-corrected chi connectivity index (χ2v) is 3.41. The number of rotatable bonds is 5. The molecule has 0 atom stereocenters. The van der Waals surface area contributed by atoms with E-state index in [4.69, 9.17) is 21.5 Å². The van der Waals surface area contributed by atoms with E-state index in [1.165, 1.54) is 0 Å². The normalized spacial score (nSPS) is 11.9. The van der Waals surface area contributed by atoms with Crippen LogP contribution in [0.1, 0.15) is 39.4 Å². The molecule has 0 bridgehead atoms. The Hall–Kier alpha value is -0.680. The van der Waals surface area contributed by atoms with Gasteiger partial charge in [0.1, 0.15) is 5.60 Å². The third kappa shape index (κ3) is 2.04. The molecule has 80 valence electrons. The zero-order valence-corrected chi connectivity index (χ0v) is 9.61. The van der Waals surface area contributed by atoms with Crippen LogP contribution in [0.5, 0.6) is 0 Å². The minimum Gasteiger partial charge on any atom is -0.367 e. The Morgan fingerprint density at radius 3 is 2.43 bits per heavy atom. The van der Waals surface area contributed by atoms with Crippen LogP contribution in [0.25, 0.3) is 0 Å². The molecule has 0 aliphatic rings. The minimum absolute atomic E-state index is 0.228. The Balaban J connectivity index is 3.02. The molecular formula is C9H16N2O2S. The van der Waals surface area contributed by atoms with Gasteiger partial charge >= 0.3 is 4.84 Å². The van der Waals surface area contributed by atoms with Crippen LogP contribution < -0.4 is 0 Å². The van der Waals surface area contributed by atoms with Crippen molar-refractivity contribution in [2.24, 2.45) is 0 Å². The fourth-order valence-corrected chi connectivity index (χ4v) is 1.69. The Labute approximate surface area is 88.6 Å². The lowest BCUT2D eigenvalue weighted by atomic mass is 9.96. The number of hydrogen-bond donors (Lipinski definition) is 1. The molecule has 0 aliphatic heterocycles. The third-order valence-electron chi connectivity index (χ3n) is 2.43. The van der Waals surface area contributed by atoms with Crippen LogP contribution in [0.4, 0.5) is 0 Å². The summed E-state index contributed by atoms with van der Waals surface area (Å²) in [5.74, 6) is 0.689. The number of nitrogens with zero attached hydrogens (tertiary/aromatic N) is 1. The third-order valence-corrected chi connectivity index (χ3v) is 2.61. The van der Waals surface area contributed by atoms with Crippen LogP contribution in [0.15, 0.2) is 4.52 Å². The average Bonchev–Trinajstić information content (AvgIpc) is 2.62. The van der Waals surface area contributed by atoms with E-state index in [9.17, 15) is 0 Å². The molecule has 0 saturated carbocycles. The lowest BCUT2D eigenvalue weighted by Gasteiger charge is -2.28. The fraction of sp³-hybridized carbons (Fsp3) is 0.778. The molecule has 0 fully saturated rings. The maximum absolute atomic E-state index is 5.73. The maximum atomic E-state index is 5.73. The summed E-state index contributed by atoms with van der Waals surface area (Å²) in [7, 11) is 0. The van der Waals surface area contributed by atoms with Gasteiger partial charge in [0.2, 0.25) is 0 Å². The Kier molecular flexibility index (Phi) is 3.83. The molecule has 0 radical (unpaired) electrons. The van der Waals surface area contributed by atoms with Gasteiger partial charge in [-0.05, 0) is 32.0 Å². The number of H-pyrrole nitrogens is 1. The van der Waals surface area contributed by atoms with Gasteiger partial charge in [-0.1, -0.05) is 13.8 Å². The zero-order chi connectivity index (χ0) is 10.6. The van der Waals surface area contributed by atoms with Crippen molar-refractivity contribution in [3.8, 4) is 0 Å². The predicted octanol–water partition coefficient (Wildman–Crippen LogP) is 2.78. The second kappa shape index (κ2) is 4.70. The van der Waals surface area contributed by atoms with Gasteiger partial charge in [0.25, 0.3) is 0 Å². The van der Waals surface area contributed by atoms with Gasteiger partial charge in [0, 0.05) is 6.61 Å². The first kappa shape index (κ1) is 11.4. The summed E-state index contributed by atoms with van der Waals surface area (Å²) in [6.45, 7) is 6.74.